The summed E-state index contributed by atoms with van der Waals surface area (Å²) in [7, 11) is 0. The zero-order valence-corrected chi connectivity index (χ0v) is 13.4. The maximum atomic E-state index is 5.42. The van der Waals surface area contributed by atoms with Crippen LogP contribution in [0.3, 0.4) is 0 Å². The Bertz CT molecular complexity index is 564. The number of thiocarbonyl (C=S) groups is 1. The molecule has 0 amide bonds. The van der Waals surface area contributed by atoms with Gasteiger partial charge < -0.3 is 10.6 Å². The molecular formula is C18H22N2S. The number of aryl methyl sites for hydroxylation is 1. The van der Waals surface area contributed by atoms with Crippen LogP contribution in [0.1, 0.15) is 37.4 Å². The average molecular weight is 298 g/mol. The number of hydrogen-bond donors (Lipinski definition) is 2. The molecule has 21 heavy (non-hydrogen) atoms. The molecule has 0 aliphatic carbocycles. The third-order valence-corrected chi connectivity index (χ3v) is 3.76. The van der Waals surface area contributed by atoms with E-state index in [1.54, 1.807) is 0 Å². The van der Waals surface area contributed by atoms with Crippen LogP contribution in [0.15, 0.2) is 54.6 Å². The molecule has 2 aromatic rings. The normalized spacial score (nSPS) is 11.7. The summed E-state index contributed by atoms with van der Waals surface area (Å²) in [6.07, 6.45) is 2.04. The first kappa shape index (κ1) is 15.5. The molecular weight excluding hydrogens is 276 g/mol. The van der Waals surface area contributed by atoms with Crippen LogP contribution in [0.25, 0.3) is 0 Å². The van der Waals surface area contributed by atoms with Crippen LogP contribution in [-0.2, 0) is 6.42 Å². The minimum absolute atomic E-state index is 0.237. The summed E-state index contributed by atoms with van der Waals surface area (Å²) < 4.78 is 0. The summed E-state index contributed by atoms with van der Waals surface area (Å²) in [4.78, 5) is 0. The molecule has 2 nitrogen and oxygen atoms in total. The molecule has 0 saturated heterocycles. The molecule has 0 radical (unpaired) electrons. The summed E-state index contributed by atoms with van der Waals surface area (Å²) in [5.74, 6) is 0. The molecule has 0 aliphatic rings. The first-order valence-corrected chi connectivity index (χ1v) is 7.85. The van der Waals surface area contributed by atoms with E-state index in [1.807, 2.05) is 6.07 Å². The number of benzene rings is 2. The van der Waals surface area contributed by atoms with Crippen molar-refractivity contribution in [2.24, 2.45) is 0 Å². The predicted molar refractivity (Wildman–Crippen MR) is 94.7 cm³/mol. The molecule has 0 spiro atoms. The van der Waals surface area contributed by atoms with Gasteiger partial charge in [-0.2, -0.15) is 0 Å². The lowest BCUT2D eigenvalue weighted by Gasteiger charge is -2.20. The molecule has 0 aromatic heterocycles. The van der Waals surface area contributed by atoms with Crippen molar-refractivity contribution in [1.82, 2.24) is 5.32 Å². The Morgan fingerprint density at radius 2 is 1.67 bits per heavy atom. The molecule has 0 heterocycles. The van der Waals surface area contributed by atoms with Crippen molar-refractivity contribution in [2.75, 3.05) is 5.32 Å². The highest BCUT2D eigenvalue weighted by Crippen LogP contribution is 2.16. The second-order valence-corrected chi connectivity index (χ2v) is 5.43. The minimum atomic E-state index is 0.237. The molecule has 2 N–H and O–H groups in total. The Kier molecular flexibility index (Phi) is 5.76. The number of nitrogens with one attached hydrogen (secondary N) is 2. The fourth-order valence-electron chi connectivity index (χ4n) is 2.26. The molecule has 0 fully saturated rings. The SMILES string of the molecule is CCc1ccc(NC(=S)N[C@H](CC)c2ccccc2)cc1. The van der Waals surface area contributed by atoms with Crippen LogP contribution in [0.5, 0.6) is 0 Å². The molecule has 0 unspecified atom stereocenters. The van der Waals surface area contributed by atoms with E-state index in [0.717, 1.165) is 18.5 Å². The topological polar surface area (TPSA) is 24.1 Å². The number of anilines is 1. The first-order valence-electron chi connectivity index (χ1n) is 7.44. The smallest absolute Gasteiger partial charge is 0.171 e. The summed E-state index contributed by atoms with van der Waals surface area (Å²) in [6, 6.07) is 19.0. The van der Waals surface area contributed by atoms with Crippen molar-refractivity contribution < 1.29 is 0 Å². The van der Waals surface area contributed by atoms with Gasteiger partial charge in [0, 0.05) is 5.69 Å². The Morgan fingerprint density at radius 3 is 2.24 bits per heavy atom. The summed E-state index contributed by atoms with van der Waals surface area (Å²) >= 11 is 5.42. The van der Waals surface area contributed by atoms with E-state index < -0.39 is 0 Å². The maximum Gasteiger partial charge on any atom is 0.171 e. The standard InChI is InChI=1S/C18H22N2S/c1-3-14-10-12-16(13-11-14)19-18(21)20-17(4-2)15-8-6-5-7-9-15/h5-13,17H,3-4H2,1-2H3,(H2,19,20,21)/t17-/m1/s1. The predicted octanol–water partition coefficient (Wildman–Crippen LogP) is 4.69. The fourth-order valence-corrected chi connectivity index (χ4v) is 2.52. The van der Waals surface area contributed by atoms with Crippen LogP contribution in [0.4, 0.5) is 5.69 Å². The van der Waals surface area contributed by atoms with Crippen molar-refractivity contribution in [3.05, 3.63) is 65.7 Å². The Hall–Kier alpha value is -1.87. The zero-order valence-electron chi connectivity index (χ0n) is 12.6. The highest BCUT2D eigenvalue weighted by Gasteiger charge is 2.09. The third kappa shape index (κ3) is 4.57. The second-order valence-electron chi connectivity index (χ2n) is 5.02. The Morgan fingerprint density at radius 1 is 1.00 bits per heavy atom. The highest BCUT2D eigenvalue weighted by molar-refractivity contribution is 7.80. The van der Waals surface area contributed by atoms with Crippen molar-refractivity contribution in [2.45, 2.75) is 32.7 Å². The van der Waals surface area contributed by atoms with Crippen molar-refractivity contribution in [3.8, 4) is 0 Å². The molecule has 3 heteroatoms. The van der Waals surface area contributed by atoms with Gasteiger partial charge >= 0.3 is 0 Å². The van der Waals surface area contributed by atoms with E-state index >= 15 is 0 Å². The zero-order chi connectivity index (χ0) is 15.1. The van der Waals surface area contributed by atoms with Gasteiger partial charge in [0.05, 0.1) is 6.04 Å². The molecule has 0 aliphatic heterocycles. The van der Waals surface area contributed by atoms with Crippen molar-refractivity contribution >= 4 is 23.0 Å². The van der Waals surface area contributed by atoms with E-state index in [9.17, 15) is 0 Å². The quantitative estimate of drug-likeness (QED) is 0.783. The van der Waals surface area contributed by atoms with E-state index in [0.29, 0.717) is 5.11 Å². The van der Waals surface area contributed by atoms with Gasteiger partial charge in [0.1, 0.15) is 0 Å². The Labute approximate surface area is 132 Å². The minimum Gasteiger partial charge on any atom is -0.356 e. The molecule has 0 bridgehead atoms. The van der Waals surface area contributed by atoms with Crippen molar-refractivity contribution in [1.29, 1.82) is 0 Å². The third-order valence-electron chi connectivity index (χ3n) is 3.54. The van der Waals surface area contributed by atoms with Crippen LogP contribution < -0.4 is 10.6 Å². The lowest BCUT2D eigenvalue weighted by Crippen LogP contribution is -2.32. The van der Waals surface area contributed by atoms with Crippen LogP contribution in [0, 0.1) is 0 Å². The van der Waals surface area contributed by atoms with Crippen LogP contribution in [0.2, 0.25) is 0 Å². The molecule has 0 saturated carbocycles. The largest absolute Gasteiger partial charge is 0.356 e. The van der Waals surface area contributed by atoms with Crippen LogP contribution >= 0.6 is 12.2 Å². The van der Waals surface area contributed by atoms with E-state index in [4.69, 9.17) is 12.2 Å². The molecule has 110 valence electrons. The monoisotopic (exact) mass is 298 g/mol. The van der Waals surface area contributed by atoms with Gasteiger partial charge in [-0.15, -0.1) is 0 Å². The molecule has 2 rings (SSSR count). The van der Waals surface area contributed by atoms with Gasteiger partial charge in [-0.1, -0.05) is 56.3 Å². The molecule has 2 aromatic carbocycles. The second kappa shape index (κ2) is 7.79. The van der Waals surface area contributed by atoms with Gasteiger partial charge in [-0.3, -0.25) is 0 Å². The van der Waals surface area contributed by atoms with E-state index in [2.05, 4.69) is 73.0 Å². The first-order chi connectivity index (χ1) is 10.2. The maximum absolute atomic E-state index is 5.42. The number of rotatable bonds is 5. The van der Waals surface area contributed by atoms with Gasteiger partial charge in [-0.25, -0.2) is 0 Å². The van der Waals surface area contributed by atoms with Crippen LogP contribution in [-0.4, -0.2) is 5.11 Å². The van der Waals surface area contributed by atoms with Gasteiger partial charge in [0.2, 0.25) is 0 Å². The fraction of sp³-hybridized carbons (Fsp3) is 0.278. The van der Waals surface area contributed by atoms with E-state index in [-0.39, 0.29) is 6.04 Å². The van der Waals surface area contributed by atoms with Gasteiger partial charge in [0.15, 0.2) is 5.11 Å². The summed E-state index contributed by atoms with van der Waals surface area (Å²) in [5, 5.41) is 7.29. The Balaban J connectivity index is 1.96. The summed E-state index contributed by atoms with van der Waals surface area (Å²) in [6.45, 7) is 4.31. The molecule has 1 atom stereocenters. The van der Waals surface area contributed by atoms with Gasteiger partial charge in [-0.05, 0) is 48.3 Å². The van der Waals surface area contributed by atoms with Gasteiger partial charge in [0.25, 0.3) is 0 Å². The highest BCUT2D eigenvalue weighted by atomic mass is 32.1. The van der Waals surface area contributed by atoms with Crippen molar-refractivity contribution in [3.63, 3.8) is 0 Å². The average Bonchev–Trinajstić information content (AvgIpc) is 2.54. The lowest BCUT2D eigenvalue weighted by atomic mass is 10.1. The summed E-state index contributed by atoms with van der Waals surface area (Å²) in [5.41, 5.74) is 3.60. The van der Waals surface area contributed by atoms with E-state index in [1.165, 1.54) is 11.1 Å². The lowest BCUT2D eigenvalue weighted by molar-refractivity contribution is 0.629. The number of hydrogen-bond acceptors (Lipinski definition) is 1.